The summed E-state index contributed by atoms with van der Waals surface area (Å²) >= 11 is 1.70. The fourth-order valence-corrected chi connectivity index (χ4v) is 2.51. The van der Waals surface area contributed by atoms with Gasteiger partial charge in [-0.2, -0.15) is 0 Å². The van der Waals surface area contributed by atoms with E-state index in [4.69, 9.17) is 0 Å². The molecule has 2 N–H and O–H groups in total. The Kier molecular flexibility index (Phi) is 6.62. The summed E-state index contributed by atoms with van der Waals surface area (Å²) in [5.41, 5.74) is 1.17. The zero-order chi connectivity index (χ0) is 15.2. The molecule has 0 aromatic carbocycles. The predicted octanol–water partition coefficient (Wildman–Crippen LogP) is 2.84. The number of nitrogens with zero attached hydrogens (tertiary/aromatic N) is 1. The van der Waals surface area contributed by atoms with Crippen LogP contribution in [0.5, 0.6) is 0 Å². The normalized spacial score (nSPS) is 13.2. The van der Waals surface area contributed by atoms with Gasteiger partial charge in [-0.25, -0.2) is 4.98 Å². The minimum absolute atomic E-state index is 0.110. The molecule has 0 bridgehead atoms. The van der Waals surface area contributed by atoms with Crippen molar-refractivity contribution in [1.82, 2.24) is 15.6 Å². The average molecular weight is 297 g/mol. The zero-order valence-corrected chi connectivity index (χ0v) is 14.1. The van der Waals surface area contributed by atoms with Gasteiger partial charge < -0.3 is 10.6 Å². The maximum absolute atomic E-state index is 11.6. The second-order valence-corrected chi connectivity index (χ2v) is 7.06. The van der Waals surface area contributed by atoms with Crippen molar-refractivity contribution in [3.63, 3.8) is 0 Å². The van der Waals surface area contributed by atoms with Crippen molar-refractivity contribution in [3.8, 4) is 0 Å². The summed E-state index contributed by atoms with van der Waals surface area (Å²) in [4.78, 5) is 16.2. The van der Waals surface area contributed by atoms with Crippen molar-refractivity contribution in [2.24, 2.45) is 0 Å². The molecule has 5 heteroatoms. The van der Waals surface area contributed by atoms with E-state index in [0.29, 0.717) is 13.0 Å². The van der Waals surface area contributed by atoms with Crippen molar-refractivity contribution in [2.75, 3.05) is 6.54 Å². The van der Waals surface area contributed by atoms with Crippen LogP contribution in [0, 0.1) is 0 Å². The van der Waals surface area contributed by atoms with Gasteiger partial charge in [0.05, 0.1) is 10.7 Å². The lowest BCUT2D eigenvalue weighted by atomic mass is 9.98. The largest absolute Gasteiger partial charge is 0.354 e. The van der Waals surface area contributed by atoms with Crippen LogP contribution in [0.3, 0.4) is 0 Å². The van der Waals surface area contributed by atoms with E-state index in [1.807, 2.05) is 6.92 Å². The van der Waals surface area contributed by atoms with Gasteiger partial charge in [0.2, 0.25) is 5.91 Å². The fourth-order valence-electron chi connectivity index (χ4n) is 1.60. The second kappa shape index (κ2) is 7.74. The lowest BCUT2D eigenvalue weighted by Gasteiger charge is -2.13. The van der Waals surface area contributed by atoms with E-state index in [-0.39, 0.29) is 17.4 Å². The number of nitrogens with one attached hydrogen (secondary N) is 2. The molecule has 0 aliphatic carbocycles. The number of carbonyl (C=O) groups is 1. The van der Waals surface area contributed by atoms with E-state index in [0.717, 1.165) is 23.7 Å². The van der Waals surface area contributed by atoms with Crippen LogP contribution >= 0.6 is 11.3 Å². The molecule has 1 aromatic heterocycles. The van der Waals surface area contributed by atoms with E-state index in [9.17, 15) is 4.79 Å². The van der Waals surface area contributed by atoms with Crippen LogP contribution in [0.25, 0.3) is 0 Å². The molecule has 1 rings (SSSR count). The van der Waals surface area contributed by atoms with Gasteiger partial charge in [0.1, 0.15) is 0 Å². The number of hydrogen-bond donors (Lipinski definition) is 2. The summed E-state index contributed by atoms with van der Waals surface area (Å²) in [5, 5.41) is 9.48. The Morgan fingerprint density at radius 1 is 1.45 bits per heavy atom. The van der Waals surface area contributed by atoms with Crippen LogP contribution < -0.4 is 10.6 Å². The molecule has 1 aromatic rings. The van der Waals surface area contributed by atoms with Gasteiger partial charge in [-0.15, -0.1) is 11.3 Å². The van der Waals surface area contributed by atoms with Crippen LogP contribution in [-0.4, -0.2) is 23.5 Å². The molecule has 1 amide bonds. The third-order valence-corrected chi connectivity index (χ3v) is 4.36. The summed E-state index contributed by atoms with van der Waals surface area (Å²) in [6.45, 7) is 12.0. The molecule has 0 saturated heterocycles. The first-order valence-corrected chi connectivity index (χ1v) is 8.16. The van der Waals surface area contributed by atoms with Gasteiger partial charge in [0, 0.05) is 36.3 Å². The molecule has 1 unspecified atom stereocenters. The van der Waals surface area contributed by atoms with Crippen LogP contribution in [0.15, 0.2) is 5.38 Å². The Labute approximate surface area is 126 Å². The number of thiazole rings is 1. The smallest absolute Gasteiger partial charge is 0.221 e. The van der Waals surface area contributed by atoms with Crippen molar-refractivity contribution >= 4 is 17.2 Å². The minimum Gasteiger partial charge on any atom is -0.354 e. The van der Waals surface area contributed by atoms with Crippen molar-refractivity contribution in [3.05, 3.63) is 16.1 Å². The first-order valence-electron chi connectivity index (χ1n) is 7.28. The number of aromatic nitrogens is 1. The number of hydrogen-bond acceptors (Lipinski definition) is 4. The van der Waals surface area contributed by atoms with Crippen LogP contribution in [0.4, 0.5) is 0 Å². The Balaban J connectivity index is 2.25. The molecule has 20 heavy (non-hydrogen) atoms. The molecule has 4 nitrogen and oxygen atoms in total. The summed E-state index contributed by atoms with van der Waals surface area (Å²) in [5.74, 6) is 0.112. The van der Waals surface area contributed by atoms with E-state index in [1.165, 1.54) is 0 Å². The fraction of sp³-hybridized carbons (Fsp3) is 0.733. The molecule has 114 valence electrons. The average Bonchev–Trinajstić information content (AvgIpc) is 2.83. The third kappa shape index (κ3) is 6.01. The molecular weight excluding hydrogens is 270 g/mol. The summed E-state index contributed by atoms with van der Waals surface area (Å²) in [6.07, 6.45) is 1.48. The molecule has 0 saturated carbocycles. The van der Waals surface area contributed by atoms with Crippen LogP contribution in [0.2, 0.25) is 0 Å². The zero-order valence-electron chi connectivity index (χ0n) is 13.2. The minimum atomic E-state index is 0.110. The maximum atomic E-state index is 11.6. The van der Waals surface area contributed by atoms with Gasteiger partial charge in [-0.1, -0.05) is 27.7 Å². The summed E-state index contributed by atoms with van der Waals surface area (Å²) in [7, 11) is 0. The van der Waals surface area contributed by atoms with Gasteiger partial charge in [-0.05, 0) is 13.3 Å². The monoisotopic (exact) mass is 297 g/mol. The van der Waals surface area contributed by atoms with E-state index in [1.54, 1.807) is 11.3 Å². The maximum Gasteiger partial charge on any atom is 0.221 e. The van der Waals surface area contributed by atoms with Gasteiger partial charge in [0.25, 0.3) is 0 Å². The lowest BCUT2D eigenvalue weighted by molar-refractivity contribution is -0.121. The van der Waals surface area contributed by atoms with Crippen molar-refractivity contribution in [2.45, 2.75) is 65.5 Å². The number of amides is 1. The highest BCUT2D eigenvalue weighted by molar-refractivity contribution is 7.09. The first-order chi connectivity index (χ1) is 9.32. The Hall–Kier alpha value is -0.940. The molecule has 0 aliphatic rings. The molecule has 0 radical (unpaired) electrons. The first kappa shape index (κ1) is 17.1. The molecule has 1 atom stereocenters. The standard InChI is InChI=1S/C15H27N3OS/c1-6-11(2)17-13(19)7-8-16-9-12-10-20-14(18-12)15(3,4)5/h10-11,16H,6-9H2,1-5H3,(H,17,19). The van der Waals surface area contributed by atoms with Crippen molar-refractivity contribution in [1.29, 1.82) is 0 Å². The summed E-state index contributed by atoms with van der Waals surface area (Å²) in [6, 6.07) is 0.260. The van der Waals surface area contributed by atoms with Crippen molar-refractivity contribution < 1.29 is 4.79 Å². The number of rotatable bonds is 7. The van der Waals surface area contributed by atoms with E-state index in [2.05, 4.69) is 48.7 Å². The Morgan fingerprint density at radius 2 is 2.15 bits per heavy atom. The molecule has 1 heterocycles. The molecule has 0 spiro atoms. The van der Waals surface area contributed by atoms with E-state index < -0.39 is 0 Å². The Morgan fingerprint density at radius 3 is 2.70 bits per heavy atom. The topological polar surface area (TPSA) is 54.0 Å². The summed E-state index contributed by atoms with van der Waals surface area (Å²) < 4.78 is 0. The molecular formula is C15H27N3OS. The quantitative estimate of drug-likeness (QED) is 0.761. The second-order valence-electron chi connectivity index (χ2n) is 6.20. The molecule has 0 fully saturated rings. The van der Waals surface area contributed by atoms with Gasteiger partial charge in [-0.3, -0.25) is 4.79 Å². The highest BCUT2D eigenvalue weighted by atomic mass is 32.1. The van der Waals surface area contributed by atoms with Gasteiger partial charge in [0.15, 0.2) is 0 Å². The Bertz CT molecular complexity index is 423. The van der Waals surface area contributed by atoms with E-state index >= 15 is 0 Å². The highest BCUT2D eigenvalue weighted by Crippen LogP contribution is 2.25. The SMILES string of the molecule is CCC(C)NC(=O)CCNCc1csc(C(C)(C)C)n1. The van der Waals surface area contributed by atoms with Crippen LogP contribution in [-0.2, 0) is 16.8 Å². The highest BCUT2D eigenvalue weighted by Gasteiger charge is 2.17. The number of carbonyl (C=O) groups excluding carboxylic acids is 1. The predicted molar refractivity (Wildman–Crippen MR) is 85.0 cm³/mol. The lowest BCUT2D eigenvalue weighted by Crippen LogP contribution is -2.33. The third-order valence-electron chi connectivity index (χ3n) is 3.05. The van der Waals surface area contributed by atoms with Crippen LogP contribution in [0.1, 0.15) is 58.2 Å². The molecule has 0 aliphatic heterocycles. The van der Waals surface area contributed by atoms with Gasteiger partial charge >= 0.3 is 0 Å².